The lowest BCUT2D eigenvalue weighted by Crippen LogP contribution is -2.09. The van der Waals surface area contributed by atoms with Crippen molar-refractivity contribution in [2.75, 3.05) is 0 Å². The van der Waals surface area contributed by atoms with Crippen molar-refractivity contribution in [1.82, 2.24) is 4.98 Å². The molecule has 16 heavy (non-hydrogen) atoms. The van der Waals surface area contributed by atoms with Gasteiger partial charge in [0.05, 0.1) is 5.56 Å². The summed E-state index contributed by atoms with van der Waals surface area (Å²) in [6.07, 6.45) is 0. The van der Waals surface area contributed by atoms with E-state index in [1.807, 2.05) is 6.07 Å². The third-order valence-electron chi connectivity index (χ3n) is 2.43. The number of halogens is 1. The van der Waals surface area contributed by atoms with E-state index in [0.717, 1.165) is 4.47 Å². The van der Waals surface area contributed by atoms with Crippen molar-refractivity contribution in [1.29, 1.82) is 0 Å². The van der Waals surface area contributed by atoms with Gasteiger partial charge >= 0.3 is 5.91 Å². The average molecular weight is 278 g/mol. The Kier molecular flexibility index (Phi) is 1.81. The Labute approximate surface area is 97.7 Å². The Morgan fingerprint density at radius 2 is 1.88 bits per heavy atom. The molecule has 0 spiro atoms. The highest BCUT2D eigenvalue weighted by Crippen LogP contribution is 2.32. The van der Waals surface area contributed by atoms with E-state index < -0.39 is 11.8 Å². The molecule has 2 heterocycles. The molecular weight excluding hydrogens is 274 g/mol. The molecule has 1 aromatic heterocycles. The quantitative estimate of drug-likeness (QED) is 0.804. The van der Waals surface area contributed by atoms with Crippen molar-refractivity contribution in [3.63, 3.8) is 0 Å². The van der Waals surface area contributed by atoms with Gasteiger partial charge in [0.25, 0.3) is 5.91 Å². The number of hydrogen-bond donors (Lipinski definition) is 1. The molecule has 6 heteroatoms. The van der Waals surface area contributed by atoms with Crippen LogP contribution in [0.3, 0.4) is 0 Å². The minimum atomic E-state index is -0.516. The molecule has 78 valence electrons. The number of rotatable bonds is 0. The largest absolute Gasteiger partial charge is 0.350 e. The molecule has 0 radical (unpaired) electrons. The van der Waals surface area contributed by atoms with E-state index in [1.165, 1.54) is 0 Å². The lowest BCUT2D eigenvalue weighted by Gasteiger charge is -2.01. The lowest BCUT2D eigenvalue weighted by atomic mass is 10.1. The zero-order valence-electron chi connectivity index (χ0n) is 7.82. The number of H-pyrrole nitrogens is 1. The fourth-order valence-corrected chi connectivity index (χ4v) is 2.33. The molecule has 3 rings (SSSR count). The lowest BCUT2D eigenvalue weighted by molar-refractivity contribution is 0.0919. The van der Waals surface area contributed by atoms with Crippen LogP contribution in [0.4, 0.5) is 0 Å². The van der Waals surface area contributed by atoms with E-state index in [2.05, 4.69) is 31.1 Å². The molecule has 0 aliphatic carbocycles. The zero-order chi connectivity index (χ0) is 11.3. The van der Waals surface area contributed by atoms with Crippen LogP contribution in [0.5, 0.6) is 0 Å². The fraction of sp³-hybridized carbons (Fsp3) is 0. The molecule has 1 N–H and O–H groups in total. The second-order valence-electron chi connectivity index (χ2n) is 3.35. The average Bonchev–Trinajstić information content (AvgIpc) is 2.65. The molecule has 0 unspecified atom stereocenters. The second-order valence-corrected chi connectivity index (χ2v) is 4.20. The molecule has 0 bridgehead atoms. The van der Waals surface area contributed by atoms with Crippen molar-refractivity contribution >= 4 is 38.6 Å². The topological polar surface area (TPSA) is 74.7 Å². The first kappa shape index (κ1) is 9.41. The summed E-state index contributed by atoms with van der Waals surface area (Å²) in [5.74, 6) is -1.01. The van der Waals surface area contributed by atoms with E-state index >= 15 is 0 Å². The maximum Gasteiger partial charge on any atom is 0.312 e. The summed E-state index contributed by atoms with van der Waals surface area (Å²) in [5.41, 5.74) is 1.22. The van der Waals surface area contributed by atoms with Crippen molar-refractivity contribution in [2.45, 2.75) is 0 Å². The molecule has 0 fully saturated rings. The molecule has 0 saturated carbocycles. The van der Waals surface area contributed by atoms with E-state index in [-0.39, 0.29) is 5.69 Å². The van der Waals surface area contributed by atoms with Crippen LogP contribution in [0.25, 0.3) is 10.9 Å². The third-order valence-corrected chi connectivity index (χ3v) is 3.09. The number of azo groups is 1. The monoisotopic (exact) mass is 277 g/mol. The second kappa shape index (κ2) is 3.08. The van der Waals surface area contributed by atoms with Crippen LogP contribution in [0.2, 0.25) is 0 Å². The summed E-state index contributed by atoms with van der Waals surface area (Å²) in [5, 5.41) is 7.25. The van der Waals surface area contributed by atoms with Crippen LogP contribution >= 0.6 is 15.9 Å². The van der Waals surface area contributed by atoms with E-state index in [1.54, 1.807) is 12.1 Å². The summed E-state index contributed by atoms with van der Waals surface area (Å²) >= 11 is 3.35. The first-order valence-corrected chi connectivity index (χ1v) is 5.28. The summed E-state index contributed by atoms with van der Waals surface area (Å²) in [6, 6.07) is 5.41. The van der Waals surface area contributed by atoms with Gasteiger partial charge in [-0.05, 0) is 12.1 Å². The van der Waals surface area contributed by atoms with Gasteiger partial charge in [-0.25, -0.2) is 0 Å². The number of carbonyl (C=O) groups excluding carboxylic acids is 2. The molecular formula is C10H4BrN3O2. The maximum absolute atomic E-state index is 11.6. The number of benzene rings is 1. The first-order valence-electron chi connectivity index (χ1n) is 4.49. The summed E-state index contributed by atoms with van der Waals surface area (Å²) in [4.78, 5) is 25.9. The van der Waals surface area contributed by atoms with Crippen LogP contribution < -0.4 is 0 Å². The van der Waals surface area contributed by atoms with Crippen molar-refractivity contribution in [3.8, 4) is 0 Å². The zero-order valence-corrected chi connectivity index (χ0v) is 9.41. The molecule has 1 aliphatic rings. The van der Waals surface area contributed by atoms with Gasteiger partial charge in [0.1, 0.15) is 5.69 Å². The number of carbonyl (C=O) groups is 2. The Balaban J connectivity index is 2.51. The summed E-state index contributed by atoms with van der Waals surface area (Å²) < 4.78 is 0.751. The van der Waals surface area contributed by atoms with Gasteiger partial charge in [0.2, 0.25) is 0 Å². The Morgan fingerprint density at radius 3 is 2.69 bits per heavy atom. The van der Waals surface area contributed by atoms with Crippen molar-refractivity contribution in [2.24, 2.45) is 10.2 Å². The highest BCUT2D eigenvalue weighted by atomic mass is 79.9. The van der Waals surface area contributed by atoms with E-state index in [0.29, 0.717) is 16.5 Å². The maximum atomic E-state index is 11.6. The summed E-state index contributed by atoms with van der Waals surface area (Å²) in [6.45, 7) is 0. The molecule has 2 aromatic rings. The van der Waals surface area contributed by atoms with Gasteiger partial charge in [0, 0.05) is 15.4 Å². The van der Waals surface area contributed by atoms with Gasteiger partial charge < -0.3 is 4.98 Å². The van der Waals surface area contributed by atoms with Crippen LogP contribution in [-0.4, -0.2) is 16.8 Å². The number of nitrogens with one attached hydrogen (secondary N) is 1. The summed E-state index contributed by atoms with van der Waals surface area (Å²) in [7, 11) is 0. The molecule has 0 atom stereocenters. The normalized spacial score (nSPS) is 14.6. The molecule has 2 amide bonds. The number of aromatic amines is 1. The molecule has 1 aromatic carbocycles. The SMILES string of the molecule is O=C1N=NC(=O)c2c1[nH]c1cccc(Br)c21. The van der Waals surface area contributed by atoms with Crippen molar-refractivity contribution < 1.29 is 9.59 Å². The molecule has 1 aliphatic heterocycles. The van der Waals surface area contributed by atoms with Crippen LogP contribution in [-0.2, 0) is 0 Å². The minimum Gasteiger partial charge on any atom is -0.350 e. The fourth-order valence-electron chi connectivity index (χ4n) is 1.77. The van der Waals surface area contributed by atoms with Crippen LogP contribution in [0.15, 0.2) is 32.9 Å². The van der Waals surface area contributed by atoms with Gasteiger partial charge in [-0.15, -0.1) is 10.2 Å². The third kappa shape index (κ3) is 1.10. The molecule has 0 saturated heterocycles. The highest BCUT2D eigenvalue weighted by molar-refractivity contribution is 9.10. The number of amides is 2. The minimum absolute atomic E-state index is 0.210. The number of hydrogen-bond acceptors (Lipinski definition) is 2. The van der Waals surface area contributed by atoms with Gasteiger partial charge in [-0.2, -0.15) is 0 Å². The van der Waals surface area contributed by atoms with Gasteiger partial charge in [-0.3, -0.25) is 9.59 Å². The molecule has 5 nitrogen and oxygen atoms in total. The van der Waals surface area contributed by atoms with Gasteiger partial charge in [-0.1, -0.05) is 22.0 Å². The standard InChI is InChI=1S/C10H4BrN3O2/c11-4-2-1-3-5-6(4)7-8(12-5)10(16)14-13-9(7)15/h1-3,12H. The Hall–Kier alpha value is -1.82. The van der Waals surface area contributed by atoms with Crippen LogP contribution in [0.1, 0.15) is 20.8 Å². The Morgan fingerprint density at radius 1 is 1.12 bits per heavy atom. The number of aromatic nitrogens is 1. The number of fused-ring (bicyclic) bond motifs is 3. The van der Waals surface area contributed by atoms with E-state index in [4.69, 9.17) is 0 Å². The Bertz CT molecular complexity index is 672. The van der Waals surface area contributed by atoms with Crippen molar-refractivity contribution in [3.05, 3.63) is 33.9 Å². The number of nitrogens with zero attached hydrogens (tertiary/aromatic N) is 2. The van der Waals surface area contributed by atoms with Gasteiger partial charge in [0.15, 0.2) is 0 Å². The smallest absolute Gasteiger partial charge is 0.312 e. The van der Waals surface area contributed by atoms with Crippen LogP contribution in [0, 0.1) is 0 Å². The predicted molar refractivity (Wildman–Crippen MR) is 59.5 cm³/mol. The highest BCUT2D eigenvalue weighted by Gasteiger charge is 2.27. The van der Waals surface area contributed by atoms with E-state index in [9.17, 15) is 9.59 Å². The predicted octanol–water partition coefficient (Wildman–Crippen LogP) is 2.68. The first-order chi connectivity index (χ1) is 7.68.